The fourth-order valence-electron chi connectivity index (χ4n) is 8.28. The van der Waals surface area contributed by atoms with Crippen molar-refractivity contribution in [2.45, 2.75) is 70.5 Å². The zero-order valence-corrected chi connectivity index (χ0v) is 20.0. The smallest absolute Gasteiger partial charge is 0.339 e. The first-order valence-corrected chi connectivity index (χ1v) is 12.5. The minimum Gasteiger partial charge on any atom is -0.447 e. The molecular weight excluding hydrogens is 432 g/mol. The molecule has 0 radical (unpaired) electrons. The zero-order chi connectivity index (χ0) is 24.3. The van der Waals surface area contributed by atoms with Gasteiger partial charge in [0.15, 0.2) is 11.4 Å². The van der Waals surface area contributed by atoms with E-state index in [4.69, 9.17) is 4.74 Å². The lowest BCUT2D eigenvalue weighted by Gasteiger charge is -2.60. The van der Waals surface area contributed by atoms with Crippen LogP contribution in [-0.2, 0) is 14.3 Å². The number of hydrogen-bond donors (Lipinski definition) is 2. The standard InChI is InChI=1S/C28H34O6/c1-26-12-10-19(30)14-18(26)8-9-20-21-11-13-28(23(32)16-29,27(21,2)15-22(31)24(20)26)34-25(33)17-6-4-3-5-7-17/h3-7,14,20-22,24,29,31H,8-13,15-16H2,1-2H3/t20-,21-,22-,24+,26-,27-,28-/m1/s1. The number of allylic oxidation sites excluding steroid dienone is 1. The number of ether oxygens (including phenoxy) is 1. The Morgan fingerprint density at radius 3 is 2.53 bits per heavy atom. The number of rotatable bonds is 4. The van der Waals surface area contributed by atoms with Gasteiger partial charge in [0.2, 0.25) is 5.78 Å². The van der Waals surface area contributed by atoms with Crippen molar-refractivity contribution in [1.82, 2.24) is 0 Å². The average Bonchev–Trinajstić information content (AvgIpc) is 3.11. The van der Waals surface area contributed by atoms with Gasteiger partial charge < -0.3 is 14.9 Å². The summed E-state index contributed by atoms with van der Waals surface area (Å²) in [5.74, 6) is -0.652. The van der Waals surface area contributed by atoms with E-state index in [1.807, 2.05) is 6.92 Å². The van der Waals surface area contributed by atoms with Crippen molar-refractivity contribution >= 4 is 17.5 Å². The number of Topliss-reactive ketones (excluding diaryl/α,β-unsaturated/α-hetero) is 1. The number of benzene rings is 1. The molecule has 182 valence electrons. The molecule has 6 nitrogen and oxygen atoms in total. The van der Waals surface area contributed by atoms with Gasteiger partial charge in [0.1, 0.15) is 6.61 Å². The van der Waals surface area contributed by atoms with Gasteiger partial charge in [-0.05, 0) is 79.9 Å². The second-order valence-corrected chi connectivity index (χ2v) is 11.3. The van der Waals surface area contributed by atoms with Gasteiger partial charge in [0, 0.05) is 11.8 Å². The van der Waals surface area contributed by atoms with Crippen LogP contribution in [0.1, 0.15) is 69.2 Å². The van der Waals surface area contributed by atoms with Gasteiger partial charge in [-0.2, -0.15) is 0 Å². The number of hydrogen-bond acceptors (Lipinski definition) is 6. The van der Waals surface area contributed by atoms with Gasteiger partial charge in [-0.3, -0.25) is 9.59 Å². The van der Waals surface area contributed by atoms with E-state index in [0.29, 0.717) is 31.2 Å². The van der Waals surface area contributed by atoms with Crippen molar-refractivity contribution in [2.75, 3.05) is 6.61 Å². The summed E-state index contributed by atoms with van der Waals surface area (Å²) in [7, 11) is 0. The van der Waals surface area contributed by atoms with Crippen LogP contribution in [0, 0.1) is 28.6 Å². The van der Waals surface area contributed by atoms with E-state index in [1.165, 1.54) is 0 Å². The molecule has 4 aliphatic carbocycles. The summed E-state index contributed by atoms with van der Waals surface area (Å²) in [5.41, 5.74) is -0.963. The van der Waals surface area contributed by atoms with Crippen molar-refractivity contribution in [3.05, 3.63) is 47.5 Å². The third-order valence-corrected chi connectivity index (χ3v) is 9.89. The highest BCUT2D eigenvalue weighted by molar-refractivity contribution is 5.96. The van der Waals surface area contributed by atoms with E-state index in [2.05, 4.69) is 6.92 Å². The molecule has 2 N–H and O–H groups in total. The number of aliphatic hydroxyl groups excluding tert-OH is 2. The van der Waals surface area contributed by atoms with Crippen LogP contribution in [0.3, 0.4) is 0 Å². The maximum absolute atomic E-state index is 13.3. The number of esters is 1. The van der Waals surface area contributed by atoms with Gasteiger partial charge in [0.05, 0.1) is 11.7 Å². The maximum Gasteiger partial charge on any atom is 0.339 e. The first-order valence-electron chi connectivity index (χ1n) is 12.5. The molecule has 0 heterocycles. The van der Waals surface area contributed by atoms with E-state index < -0.39 is 35.5 Å². The Morgan fingerprint density at radius 1 is 1.09 bits per heavy atom. The van der Waals surface area contributed by atoms with E-state index in [1.54, 1.807) is 36.4 Å². The number of carbonyl (C=O) groups is 3. The second-order valence-electron chi connectivity index (χ2n) is 11.3. The van der Waals surface area contributed by atoms with Gasteiger partial charge in [-0.15, -0.1) is 0 Å². The highest BCUT2D eigenvalue weighted by atomic mass is 16.6. The van der Waals surface area contributed by atoms with Crippen LogP contribution in [0.25, 0.3) is 0 Å². The largest absolute Gasteiger partial charge is 0.447 e. The van der Waals surface area contributed by atoms with Crippen molar-refractivity contribution in [3.8, 4) is 0 Å². The molecule has 1 aromatic rings. The number of carbonyl (C=O) groups excluding carboxylic acids is 3. The van der Waals surface area contributed by atoms with Crippen LogP contribution in [0.5, 0.6) is 0 Å². The highest BCUT2D eigenvalue weighted by Gasteiger charge is 2.70. The Morgan fingerprint density at radius 2 is 1.82 bits per heavy atom. The van der Waals surface area contributed by atoms with E-state index in [0.717, 1.165) is 24.8 Å². The molecule has 0 aliphatic heterocycles. The normalized spacial score (nSPS) is 41.1. The van der Waals surface area contributed by atoms with Crippen LogP contribution in [0.4, 0.5) is 0 Å². The lowest BCUT2D eigenvalue weighted by Crippen LogP contribution is -2.63. The molecule has 5 rings (SSSR count). The third kappa shape index (κ3) is 3.18. The Bertz CT molecular complexity index is 1050. The molecule has 0 bridgehead atoms. The minimum absolute atomic E-state index is 0.00327. The average molecular weight is 467 g/mol. The fraction of sp³-hybridized carbons (Fsp3) is 0.607. The van der Waals surface area contributed by atoms with Crippen molar-refractivity contribution < 1.29 is 29.3 Å². The molecule has 0 saturated heterocycles. The Hall–Kier alpha value is -2.31. The first kappa shape index (κ1) is 23.4. The third-order valence-electron chi connectivity index (χ3n) is 9.89. The second kappa shape index (κ2) is 8.13. The molecule has 6 heteroatoms. The lowest BCUT2D eigenvalue weighted by molar-refractivity contribution is -0.183. The van der Waals surface area contributed by atoms with Crippen molar-refractivity contribution in [1.29, 1.82) is 0 Å². The van der Waals surface area contributed by atoms with Crippen LogP contribution < -0.4 is 0 Å². The predicted molar refractivity (Wildman–Crippen MR) is 125 cm³/mol. The fourth-order valence-corrected chi connectivity index (χ4v) is 8.28. The SMILES string of the molecule is C[C@@]12CCC(=O)C=C1CC[C@H]1[C@H]2[C@H](O)C[C@]2(C)[C@@H]1CC[C@@]2(OC(=O)c1ccccc1)C(=O)CO. The molecular formula is C28H34O6. The highest BCUT2D eigenvalue weighted by Crippen LogP contribution is 2.68. The number of ketones is 2. The van der Waals surface area contributed by atoms with Gasteiger partial charge in [-0.1, -0.05) is 37.6 Å². The molecule has 7 atom stereocenters. The number of fused-ring (bicyclic) bond motifs is 5. The Balaban J connectivity index is 1.53. The quantitative estimate of drug-likeness (QED) is 0.657. The maximum atomic E-state index is 13.3. The molecule has 34 heavy (non-hydrogen) atoms. The molecule has 0 aromatic heterocycles. The first-order chi connectivity index (χ1) is 16.2. The Kier molecular flexibility index (Phi) is 5.60. The summed E-state index contributed by atoms with van der Waals surface area (Å²) in [4.78, 5) is 38.5. The Labute approximate surface area is 200 Å². The van der Waals surface area contributed by atoms with Crippen LogP contribution in [0.15, 0.2) is 42.0 Å². The monoisotopic (exact) mass is 466 g/mol. The van der Waals surface area contributed by atoms with Crippen LogP contribution in [-0.4, -0.2) is 46.1 Å². The summed E-state index contributed by atoms with van der Waals surface area (Å²) in [6.45, 7) is 3.44. The van der Waals surface area contributed by atoms with E-state index in [-0.39, 0.29) is 29.0 Å². The molecule has 4 aliphatic rings. The summed E-state index contributed by atoms with van der Waals surface area (Å²) in [6.07, 6.45) is 5.38. The van der Waals surface area contributed by atoms with Crippen molar-refractivity contribution in [3.63, 3.8) is 0 Å². The minimum atomic E-state index is -1.47. The molecule has 3 fully saturated rings. The molecule has 3 saturated carbocycles. The van der Waals surface area contributed by atoms with Crippen molar-refractivity contribution in [2.24, 2.45) is 28.6 Å². The summed E-state index contributed by atoms with van der Waals surface area (Å²) < 4.78 is 6.07. The van der Waals surface area contributed by atoms with Crippen LogP contribution in [0.2, 0.25) is 0 Å². The molecule has 0 unspecified atom stereocenters. The summed E-state index contributed by atoms with van der Waals surface area (Å²) in [6, 6.07) is 8.60. The van der Waals surface area contributed by atoms with Gasteiger partial charge >= 0.3 is 5.97 Å². The topological polar surface area (TPSA) is 101 Å². The molecule has 0 spiro atoms. The van der Waals surface area contributed by atoms with Gasteiger partial charge in [-0.25, -0.2) is 4.79 Å². The zero-order valence-electron chi connectivity index (χ0n) is 20.0. The molecule has 0 amide bonds. The summed E-state index contributed by atoms with van der Waals surface area (Å²) in [5, 5.41) is 21.5. The van der Waals surface area contributed by atoms with E-state index in [9.17, 15) is 24.6 Å². The number of aliphatic hydroxyl groups is 2. The summed E-state index contributed by atoms with van der Waals surface area (Å²) >= 11 is 0. The predicted octanol–water partition coefficient (Wildman–Crippen LogP) is 3.65. The van der Waals surface area contributed by atoms with Gasteiger partial charge in [0.25, 0.3) is 0 Å². The molecule has 1 aromatic carbocycles. The van der Waals surface area contributed by atoms with Crippen LogP contribution >= 0.6 is 0 Å². The lowest BCUT2D eigenvalue weighted by atomic mass is 9.45. The van der Waals surface area contributed by atoms with E-state index >= 15 is 0 Å².